The third-order valence-corrected chi connectivity index (χ3v) is 4.18. The SMILES string of the molecule is COc1ccc(-c2cccc(S(=O)(=O)Cl)c2)cc1OC. The van der Waals surface area contributed by atoms with Crippen LogP contribution in [0.3, 0.4) is 0 Å². The lowest BCUT2D eigenvalue weighted by Crippen LogP contribution is -1.92. The summed E-state index contributed by atoms with van der Waals surface area (Å²) in [6, 6.07) is 11.8. The van der Waals surface area contributed by atoms with Crippen LogP contribution in [0.2, 0.25) is 0 Å². The van der Waals surface area contributed by atoms with Crippen molar-refractivity contribution in [2.75, 3.05) is 14.2 Å². The molecule has 0 aliphatic heterocycles. The first-order chi connectivity index (χ1) is 9.45. The fourth-order valence-electron chi connectivity index (χ4n) is 1.84. The van der Waals surface area contributed by atoms with Gasteiger partial charge in [-0.25, -0.2) is 8.42 Å². The molecular formula is C14H13ClO4S. The van der Waals surface area contributed by atoms with Gasteiger partial charge >= 0.3 is 0 Å². The first kappa shape index (κ1) is 14.7. The molecular weight excluding hydrogens is 300 g/mol. The molecule has 0 aliphatic rings. The molecule has 2 aromatic rings. The maximum absolute atomic E-state index is 11.4. The minimum Gasteiger partial charge on any atom is -0.493 e. The number of benzene rings is 2. The molecule has 0 N–H and O–H groups in total. The number of rotatable bonds is 4. The number of hydrogen-bond acceptors (Lipinski definition) is 4. The Morgan fingerprint density at radius 2 is 1.55 bits per heavy atom. The van der Waals surface area contributed by atoms with E-state index in [1.165, 1.54) is 12.1 Å². The number of hydrogen-bond donors (Lipinski definition) is 0. The van der Waals surface area contributed by atoms with E-state index in [-0.39, 0.29) is 4.90 Å². The maximum atomic E-state index is 11.4. The first-order valence-corrected chi connectivity index (χ1v) is 8.04. The van der Waals surface area contributed by atoms with Gasteiger partial charge in [-0.1, -0.05) is 18.2 Å². The van der Waals surface area contributed by atoms with E-state index in [1.807, 2.05) is 6.07 Å². The van der Waals surface area contributed by atoms with Gasteiger partial charge in [0.15, 0.2) is 11.5 Å². The number of halogens is 1. The quantitative estimate of drug-likeness (QED) is 0.813. The lowest BCUT2D eigenvalue weighted by Gasteiger charge is -2.10. The van der Waals surface area contributed by atoms with Crippen molar-refractivity contribution in [2.45, 2.75) is 4.90 Å². The minimum atomic E-state index is -3.75. The fraction of sp³-hybridized carbons (Fsp3) is 0.143. The Hall–Kier alpha value is -1.72. The number of ether oxygens (including phenoxy) is 2. The first-order valence-electron chi connectivity index (χ1n) is 5.73. The van der Waals surface area contributed by atoms with Crippen molar-refractivity contribution in [3.8, 4) is 22.6 Å². The van der Waals surface area contributed by atoms with Gasteiger partial charge in [-0.05, 0) is 35.4 Å². The predicted molar refractivity (Wildman–Crippen MR) is 78.0 cm³/mol. The van der Waals surface area contributed by atoms with Crippen LogP contribution in [0.1, 0.15) is 0 Å². The van der Waals surface area contributed by atoms with Crippen LogP contribution in [0.5, 0.6) is 11.5 Å². The Labute approximate surface area is 122 Å². The zero-order valence-corrected chi connectivity index (χ0v) is 12.5. The summed E-state index contributed by atoms with van der Waals surface area (Å²) in [6.45, 7) is 0. The molecule has 0 saturated heterocycles. The molecule has 4 nitrogen and oxygen atoms in total. The fourth-order valence-corrected chi connectivity index (χ4v) is 2.64. The van der Waals surface area contributed by atoms with Gasteiger partial charge in [-0.3, -0.25) is 0 Å². The van der Waals surface area contributed by atoms with Crippen molar-refractivity contribution in [2.24, 2.45) is 0 Å². The molecule has 0 unspecified atom stereocenters. The van der Waals surface area contributed by atoms with E-state index >= 15 is 0 Å². The molecule has 0 heterocycles. The van der Waals surface area contributed by atoms with Crippen LogP contribution in [0.4, 0.5) is 0 Å². The molecule has 2 rings (SSSR count). The molecule has 0 atom stereocenters. The van der Waals surface area contributed by atoms with E-state index < -0.39 is 9.05 Å². The molecule has 0 radical (unpaired) electrons. The van der Waals surface area contributed by atoms with E-state index in [1.54, 1.807) is 38.5 Å². The topological polar surface area (TPSA) is 52.6 Å². The third kappa shape index (κ3) is 3.05. The second-order valence-corrected chi connectivity index (χ2v) is 6.60. The summed E-state index contributed by atoms with van der Waals surface area (Å²) in [7, 11) is 4.70. The van der Waals surface area contributed by atoms with Gasteiger partial charge in [-0.2, -0.15) is 0 Å². The molecule has 20 heavy (non-hydrogen) atoms. The summed E-state index contributed by atoms with van der Waals surface area (Å²) in [6.07, 6.45) is 0. The molecule has 0 fully saturated rings. The van der Waals surface area contributed by atoms with E-state index in [0.717, 1.165) is 11.1 Å². The van der Waals surface area contributed by atoms with Crippen LogP contribution in [-0.4, -0.2) is 22.6 Å². The Morgan fingerprint density at radius 1 is 0.900 bits per heavy atom. The van der Waals surface area contributed by atoms with Crippen LogP contribution in [-0.2, 0) is 9.05 Å². The Morgan fingerprint density at radius 3 is 2.15 bits per heavy atom. The zero-order chi connectivity index (χ0) is 14.8. The average molecular weight is 313 g/mol. The van der Waals surface area contributed by atoms with Crippen LogP contribution >= 0.6 is 10.7 Å². The van der Waals surface area contributed by atoms with E-state index in [2.05, 4.69) is 0 Å². The summed E-state index contributed by atoms with van der Waals surface area (Å²) in [5, 5.41) is 0. The van der Waals surface area contributed by atoms with Crippen LogP contribution < -0.4 is 9.47 Å². The van der Waals surface area contributed by atoms with Crippen LogP contribution in [0.25, 0.3) is 11.1 Å². The zero-order valence-electron chi connectivity index (χ0n) is 11.0. The van der Waals surface area contributed by atoms with Crippen LogP contribution in [0, 0.1) is 0 Å². The normalized spacial score (nSPS) is 11.2. The van der Waals surface area contributed by atoms with Crippen molar-refractivity contribution < 1.29 is 17.9 Å². The summed E-state index contributed by atoms with van der Waals surface area (Å²) < 4.78 is 33.1. The Balaban J connectivity index is 2.52. The highest BCUT2D eigenvalue weighted by atomic mass is 35.7. The average Bonchev–Trinajstić information content (AvgIpc) is 2.45. The highest BCUT2D eigenvalue weighted by Gasteiger charge is 2.12. The highest BCUT2D eigenvalue weighted by Crippen LogP contribution is 2.33. The molecule has 0 bridgehead atoms. The summed E-state index contributed by atoms with van der Waals surface area (Å²) in [5.41, 5.74) is 1.54. The van der Waals surface area contributed by atoms with Gasteiger partial charge in [0.05, 0.1) is 19.1 Å². The second kappa shape index (κ2) is 5.73. The summed E-state index contributed by atoms with van der Waals surface area (Å²) in [5.74, 6) is 1.18. The molecule has 2 aromatic carbocycles. The Kier molecular flexibility index (Phi) is 4.20. The predicted octanol–water partition coefficient (Wildman–Crippen LogP) is 3.30. The lowest BCUT2D eigenvalue weighted by atomic mass is 10.1. The Bertz CT molecular complexity index is 726. The lowest BCUT2D eigenvalue weighted by molar-refractivity contribution is 0.355. The molecule has 0 aliphatic carbocycles. The maximum Gasteiger partial charge on any atom is 0.261 e. The van der Waals surface area contributed by atoms with Gasteiger partial charge in [-0.15, -0.1) is 0 Å². The van der Waals surface area contributed by atoms with Gasteiger partial charge in [0, 0.05) is 10.7 Å². The van der Waals surface area contributed by atoms with Gasteiger partial charge < -0.3 is 9.47 Å². The molecule has 0 saturated carbocycles. The van der Waals surface area contributed by atoms with Crippen molar-refractivity contribution in [3.63, 3.8) is 0 Å². The number of methoxy groups -OCH3 is 2. The van der Waals surface area contributed by atoms with E-state index in [0.29, 0.717) is 11.5 Å². The third-order valence-electron chi connectivity index (χ3n) is 2.83. The van der Waals surface area contributed by atoms with Crippen molar-refractivity contribution in [3.05, 3.63) is 42.5 Å². The van der Waals surface area contributed by atoms with E-state index in [9.17, 15) is 8.42 Å². The molecule has 0 spiro atoms. The van der Waals surface area contributed by atoms with Gasteiger partial charge in [0.2, 0.25) is 0 Å². The van der Waals surface area contributed by atoms with Crippen LogP contribution in [0.15, 0.2) is 47.4 Å². The van der Waals surface area contributed by atoms with Crippen molar-refractivity contribution in [1.29, 1.82) is 0 Å². The summed E-state index contributed by atoms with van der Waals surface area (Å²) in [4.78, 5) is 0.0615. The molecule has 0 amide bonds. The smallest absolute Gasteiger partial charge is 0.261 e. The molecule has 106 valence electrons. The van der Waals surface area contributed by atoms with Crippen molar-refractivity contribution >= 4 is 19.7 Å². The summed E-state index contributed by atoms with van der Waals surface area (Å²) >= 11 is 0. The van der Waals surface area contributed by atoms with Crippen molar-refractivity contribution in [1.82, 2.24) is 0 Å². The standard InChI is InChI=1S/C14H13ClO4S/c1-18-13-7-6-11(9-14(13)19-2)10-4-3-5-12(8-10)20(15,16)17/h3-9H,1-2H3. The molecule has 0 aromatic heterocycles. The monoisotopic (exact) mass is 312 g/mol. The molecule has 6 heteroatoms. The highest BCUT2D eigenvalue weighted by molar-refractivity contribution is 8.13. The minimum absolute atomic E-state index is 0.0615. The van der Waals surface area contributed by atoms with E-state index in [4.69, 9.17) is 20.2 Å². The van der Waals surface area contributed by atoms with Gasteiger partial charge in [0.25, 0.3) is 9.05 Å². The second-order valence-electron chi connectivity index (χ2n) is 4.04. The van der Waals surface area contributed by atoms with Gasteiger partial charge in [0.1, 0.15) is 0 Å². The largest absolute Gasteiger partial charge is 0.493 e.